The van der Waals surface area contributed by atoms with E-state index >= 15 is 0 Å². The van der Waals surface area contributed by atoms with Crippen molar-refractivity contribution in [3.05, 3.63) is 52.8 Å². The van der Waals surface area contributed by atoms with Gasteiger partial charge >= 0.3 is 12.0 Å². The zero-order chi connectivity index (χ0) is 26.8. The Morgan fingerprint density at radius 3 is 2.51 bits per heavy atom. The van der Waals surface area contributed by atoms with E-state index in [1.165, 1.54) is 19.2 Å². The highest BCUT2D eigenvalue weighted by molar-refractivity contribution is 6.30. The molecule has 1 aliphatic rings. The van der Waals surface area contributed by atoms with Crippen LogP contribution in [0.4, 0.5) is 26.2 Å². The standard InChI is InChI=1S/C27H35ClFN3O5/c1-4-11-32(21-9-12-37-13-10-21)25-8-5-18(19(17-35-2)15-26(33)36-3)14-24(25)31-27(34)30-23-7-6-20(28)16-22(23)29/h5-8,14,16,19,21H,4,9-13,15,17H2,1-3H3,(H2,30,31,34)/t19-/m1/s1. The Labute approximate surface area is 222 Å². The van der Waals surface area contributed by atoms with Gasteiger partial charge in [-0.15, -0.1) is 0 Å². The van der Waals surface area contributed by atoms with Gasteiger partial charge in [-0.1, -0.05) is 24.6 Å². The Morgan fingerprint density at radius 2 is 1.86 bits per heavy atom. The second-order valence-electron chi connectivity index (χ2n) is 8.95. The van der Waals surface area contributed by atoms with Gasteiger partial charge in [0.05, 0.1) is 37.2 Å². The highest BCUT2D eigenvalue weighted by atomic mass is 35.5. The lowest BCUT2D eigenvalue weighted by molar-refractivity contribution is -0.141. The van der Waals surface area contributed by atoms with Crippen molar-refractivity contribution in [3.8, 4) is 0 Å². The molecule has 2 amide bonds. The van der Waals surface area contributed by atoms with E-state index in [0.29, 0.717) is 25.5 Å². The Bertz CT molecular complexity index is 1060. The first-order chi connectivity index (χ1) is 17.9. The minimum absolute atomic E-state index is 0.0115. The number of anilines is 3. The van der Waals surface area contributed by atoms with E-state index in [1.54, 1.807) is 7.11 Å². The molecule has 2 aromatic carbocycles. The Kier molecular flexibility index (Phi) is 11.0. The van der Waals surface area contributed by atoms with Crippen LogP contribution < -0.4 is 15.5 Å². The van der Waals surface area contributed by atoms with Crippen molar-refractivity contribution in [2.24, 2.45) is 0 Å². The number of halogens is 2. The summed E-state index contributed by atoms with van der Waals surface area (Å²) in [5.41, 5.74) is 2.22. The van der Waals surface area contributed by atoms with E-state index in [4.69, 9.17) is 25.8 Å². The number of ether oxygens (including phenoxy) is 3. The molecule has 0 aromatic heterocycles. The van der Waals surface area contributed by atoms with Crippen LogP contribution in [0.5, 0.6) is 0 Å². The monoisotopic (exact) mass is 535 g/mol. The van der Waals surface area contributed by atoms with E-state index in [0.717, 1.165) is 43.1 Å². The SMILES string of the molecule is CCCN(c1ccc([C@@H](COC)CC(=O)OC)cc1NC(=O)Nc1ccc(Cl)cc1F)C1CCOCC1. The van der Waals surface area contributed by atoms with Crippen LogP contribution in [-0.2, 0) is 19.0 Å². The van der Waals surface area contributed by atoms with E-state index in [9.17, 15) is 14.0 Å². The van der Waals surface area contributed by atoms with Crippen LogP contribution in [-0.4, -0.2) is 58.6 Å². The van der Waals surface area contributed by atoms with Crippen LogP contribution in [0.1, 0.15) is 44.1 Å². The number of carbonyl (C=O) groups is 2. The number of hydrogen-bond acceptors (Lipinski definition) is 6. The predicted molar refractivity (Wildman–Crippen MR) is 143 cm³/mol. The molecule has 0 radical (unpaired) electrons. The largest absolute Gasteiger partial charge is 0.469 e. The maximum Gasteiger partial charge on any atom is 0.323 e. The number of amides is 2. The smallest absolute Gasteiger partial charge is 0.323 e. The highest BCUT2D eigenvalue weighted by Crippen LogP contribution is 2.35. The minimum Gasteiger partial charge on any atom is -0.469 e. The van der Waals surface area contributed by atoms with Crippen molar-refractivity contribution in [2.75, 3.05) is 56.1 Å². The lowest BCUT2D eigenvalue weighted by Crippen LogP contribution is -2.40. The van der Waals surface area contributed by atoms with Gasteiger partial charge in [-0.2, -0.15) is 0 Å². The lowest BCUT2D eigenvalue weighted by Gasteiger charge is -2.37. The fraction of sp³-hybridized carbons (Fsp3) is 0.481. The molecule has 1 fully saturated rings. The molecule has 8 nitrogen and oxygen atoms in total. The fourth-order valence-corrected chi connectivity index (χ4v) is 4.68. The van der Waals surface area contributed by atoms with Crippen LogP contribution in [0.2, 0.25) is 5.02 Å². The molecule has 1 heterocycles. The maximum absolute atomic E-state index is 14.3. The number of methoxy groups -OCH3 is 2. The zero-order valence-electron chi connectivity index (χ0n) is 21.5. The molecule has 1 saturated heterocycles. The third-order valence-electron chi connectivity index (χ3n) is 6.33. The molecule has 37 heavy (non-hydrogen) atoms. The molecular weight excluding hydrogens is 501 g/mol. The van der Waals surface area contributed by atoms with Gasteiger partial charge < -0.3 is 29.7 Å². The number of nitrogens with zero attached hydrogens (tertiary/aromatic N) is 1. The number of nitrogens with one attached hydrogen (secondary N) is 2. The van der Waals surface area contributed by atoms with Gasteiger partial charge in [0.2, 0.25) is 0 Å². The van der Waals surface area contributed by atoms with E-state index in [2.05, 4.69) is 22.5 Å². The van der Waals surface area contributed by atoms with Crippen molar-refractivity contribution in [1.82, 2.24) is 0 Å². The molecule has 10 heteroatoms. The Hall–Kier alpha value is -2.88. The van der Waals surface area contributed by atoms with E-state index in [-0.39, 0.29) is 35.1 Å². The number of benzene rings is 2. The van der Waals surface area contributed by atoms with E-state index < -0.39 is 11.8 Å². The summed E-state index contributed by atoms with van der Waals surface area (Å²) in [7, 11) is 2.92. The average Bonchev–Trinajstić information content (AvgIpc) is 2.89. The predicted octanol–water partition coefficient (Wildman–Crippen LogP) is 5.81. The second-order valence-corrected chi connectivity index (χ2v) is 9.39. The molecule has 0 saturated carbocycles. The maximum atomic E-state index is 14.3. The molecule has 0 unspecified atom stereocenters. The summed E-state index contributed by atoms with van der Waals surface area (Å²) in [5.74, 6) is -1.26. The highest BCUT2D eigenvalue weighted by Gasteiger charge is 2.25. The van der Waals surface area contributed by atoms with Gasteiger partial charge in [0, 0.05) is 43.9 Å². The minimum atomic E-state index is -0.635. The first-order valence-electron chi connectivity index (χ1n) is 12.4. The number of hydrogen-bond donors (Lipinski definition) is 2. The summed E-state index contributed by atoms with van der Waals surface area (Å²) in [4.78, 5) is 27.3. The topological polar surface area (TPSA) is 89.1 Å². The van der Waals surface area contributed by atoms with Crippen LogP contribution >= 0.6 is 11.6 Å². The Morgan fingerprint density at radius 1 is 1.14 bits per heavy atom. The van der Waals surface area contributed by atoms with Crippen molar-refractivity contribution in [1.29, 1.82) is 0 Å². The third-order valence-corrected chi connectivity index (χ3v) is 6.57. The fourth-order valence-electron chi connectivity index (χ4n) is 4.52. The molecule has 0 bridgehead atoms. The second kappa shape index (κ2) is 14.2. The van der Waals surface area contributed by atoms with Gasteiger partial charge in [-0.3, -0.25) is 4.79 Å². The van der Waals surface area contributed by atoms with Gasteiger partial charge in [0.1, 0.15) is 5.82 Å². The van der Waals surface area contributed by atoms with Crippen molar-refractivity contribution >= 4 is 40.7 Å². The van der Waals surface area contributed by atoms with Gasteiger partial charge in [-0.05, 0) is 55.2 Å². The molecule has 0 aliphatic carbocycles. The average molecular weight is 536 g/mol. The van der Waals surface area contributed by atoms with Crippen LogP contribution in [0.25, 0.3) is 0 Å². The molecule has 3 rings (SSSR count). The Balaban J connectivity index is 1.97. The summed E-state index contributed by atoms with van der Waals surface area (Å²) in [6.07, 6.45) is 2.79. The molecule has 202 valence electrons. The lowest BCUT2D eigenvalue weighted by atomic mass is 9.94. The molecular formula is C27H35ClFN3O5. The van der Waals surface area contributed by atoms with Gasteiger partial charge in [0.25, 0.3) is 0 Å². The summed E-state index contributed by atoms with van der Waals surface area (Å²) < 4.78 is 30.1. The van der Waals surface area contributed by atoms with E-state index in [1.807, 2.05) is 18.2 Å². The number of carbonyl (C=O) groups excluding carboxylic acids is 2. The summed E-state index contributed by atoms with van der Waals surface area (Å²) >= 11 is 5.84. The van der Waals surface area contributed by atoms with Gasteiger partial charge in [-0.25, -0.2) is 9.18 Å². The van der Waals surface area contributed by atoms with Crippen molar-refractivity contribution in [3.63, 3.8) is 0 Å². The summed E-state index contributed by atoms with van der Waals surface area (Å²) in [6.45, 7) is 4.55. The third kappa shape index (κ3) is 8.05. The molecule has 2 N–H and O–H groups in total. The number of rotatable bonds is 11. The summed E-state index contributed by atoms with van der Waals surface area (Å²) in [6, 6.07) is 9.46. The normalized spacial score (nSPS) is 14.6. The molecule has 2 aromatic rings. The number of esters is 1. The first-order valence-corrected chi connectivity index (χ1v) is 12.8. The first kappa shape index (κ1) is 28.7. The summed E-state index contributed by atoms with van der Waals surface area (Å²) in [5, 5.41) is 5.70. The van der Waals surface area contributed by atoms with Crippen molar-refractivity contribution in [2.45, 2.75) is 44.6 Å². The molecule has 0 spiro atoms. The number of urea groups is 1. The zero-order valence-corrected chi connectivity index (χ0v) is 22.3. The van der Waals surface area contributed by atoms with Crippen LogP contribution in [0, 0.1) is 5.82 Å². The van der Waals surface area contributed by atoms with Gasteiger partial charge in [0.15, 0.2) is 0 Å². The quantitative estimate of drug-likeness (QED) is 0.353. The molecule has 1 aliphatic heterocycles. The van der Waals surface area contributed by atoms with Crippen molar-refractivity contribution < 1.29 is 28.2 Å². The molecule has 1 atom stereocenters. The van der Waals surface area contributed by atoms with Crippen LogP contribution in [0.15, 0.2) is 36.4 Å². The van der Waals surface area contributed by atoms with Crippen LogP contribution in [0.3, 0.4) is 0 Å².